The van der Waals surface area contributed by atoms with Crippen molar-refractivity contribution in [2.75, 3.05) is 32.8 Å². The first-order valence-corrected chi connectivity index (χ1v) is 7.70. The van der Waals surface area contributed by atoms with Crippen LogP contribution in [0.2, 0.25) is 0 Å². The van der Waals surface area contributed by atoms with Gasteiger partial charge in [0.05, 0.1) is 13.2 Å². The molecule has 0 aliphatic carbocycles. The molecule has 2 rings (SSSR count). The Morgan fingerprint density at radius 1 is 1.30 bits per heavy atom. The predicted molar refractivity (Wildman–Crippen MR) is 83.6 cm³/mol. The van der Waals surface area contributed by atoms with Crippen LogP contribution in [0.1, 0.15) is 13.8 Å². The topological polar surface area (TPSA) is 77.1 Å². The molecular weight excluding hydrogens is 300 g/mol. The molecule has 0 radical (unpaired) electrons. The maximum atomic E-state index is 12.1. The van der Waals surface area contributed by atoms with Gasteiger partial charge in [-0.3, -0.25) is 4.79 Å². The van der Waals surface area contributed by atoms with E-state index in [9.17, 15) is 9.59 Å². The highest BCUT2D eigenvalue weighted by atomic mass is 16.6. The number of amides is 2. The van der Waals surface area contributed by atoms with Crippen LogP contribution in [0.15, 0.2) is 24.3 Å². The van der Waals surface area contributed by atoms with Crippen molar-refractivity contribution in [1.82, 2.24) is 10.2 Å². The van der Waals surface area contributed by atoms with Crippen molar-refractivity contribution in [3.05, 3.63) is 24.3 Å². The Labute approximate surface area is 135 Å². The molecule has 23 heavy (non-hydrogen) atoms. The second-order valence-electron chi connectivity index (χ2n) is 5.00. The molecule has 0 aromatic heterocycles. The van der Waals surface area contributed by atoms with E-state index < -0.39 is 5.97 Å². The van der Waals surface area contributed by atoms with Gasteiger partial charge in [0.2, 0.25) is 0 Å². The number of urea groups is 1. The van der Waals surface area contributed by atoms with E-state index in [1.807, 2.05) is 31.2 Å². The fourth-order valence-electron chi connectivity index (χ4n) is 2.23. The number of benzene rings is 1. The van der Waals surface area contributed by atoms with Crippen LogP contribution in [0.25, 0.3) is 0 Å². The number of hydrogen-bond donors (Lipinski definition) is 1. The minimum atomic E-state index is -0.455. The summed E-state index contributed by atoms with van der Waals surface area (Å²) in [6, 6.07) is 7.09. The first kappa shape index (κ1) is 16.9. The smallest absolute Gasteiger partial charge is 0.325 e. The van der Waals surface area contributed by atoms with Gasteiger partial charge in [0.25, 0.3) is 0 Å². The predicted octanol–water partition coefficient (Wildman–Crippen LogP) is 1.42. The van der Waals surface area contributed by atoms with E-state index in [-0.39, 0.29) is 18.7 Å². The molecule has 2 amide bonds. The second-order valence-corrected chi connectivity index (χ2v) is 5.00. The van der Waals surface area contributed by atoms with E-state index >= 15 is 0 Å². The molecular formula is C16H22N2O5. The molecule has 1 atom stereocenters. The third-order valence-corrected chi connectivity index (χ3v) is 3.35. The van der Waals surface area contributed by atoms with Crippen LogP contribution in [0.4, 0.5) is 4.79 Å². The minimum Gasteiger partial charge on any atom is -0.486 e. The molecule has 7 heteroatoms. The summed E-state index contributed by atoms with van der Waals surface area (Å²) >= 11 is 0. The molecule has 1 aliphatic rings. The second kappa shape index (κ2) is 8.26. The zero-order valence-corrected chi connectivity index (χ0v) is 13.4. The molecule has 0 saturated carbocycles. The minimum absolute atomic E-state index is 0.145. The van der Waals surface area contributed by atoms with Gasteiger partial charge in [-0.15, -0.1) is 0 Å². The van der Waals surface area contributed by atoms with Gasteiger partial charge in [-0.05, 0) is 26.0 Å². The summed E-state index contributed by atoms with van der Waals surface area (Å²) in [6.07, 6.45) is -0.252. The van der Waals surface area contributed by atoms with Crippen molar-refractivity contribution in [3.8, 4) is 11.5 Å². The third-order valence-electron chi connectivity index (χ3n) is 3.35. The number of rotatable bonds is 6. The van der Waals surface area contributed by atoms with E-state index in [1.54, 1.807) is 11.8 Å². The Kier molecular flexibility index (Phi) is 6.08. The monoisotopic (exact) mass is 322 g/mol. The van der Waals surface area contributed by atoms with Gasteiger partial charge in [-0.2, -0.15) is 0 Å². The van der Waals surface area contributed by atoms with Crippen LogP contribution in [0.3, 0.4) is 0 Å². The van der Waals surface area contributed by atoms with Crippen molar-refractivity contribution < 1.29 is 23.8 Å². The van der Waals surface area contributed by atoms with E-state index in [0.717, 1.165) is 0 Å². The number of para-hydroxylation sites is 2. The lowest BCUT2D eigenvalue weighted by Gasteiger charge is -2.30. The summed E-state index contributed by atoms with van der Waals surface area (Å²) < 4.78 is 16.3. The summed E-state index contributed by atoms with van der Waals surface area (Å²) in [6.45, 7) is 4.97. The number of nitrogens with zero attached hydrogens (tertiary/aromatic N) is 1. The summed E-state index contributed by atoms with van der Waals surface area (Å²) in [5.74, 6) is 0.924. The highest BCUT2D eigenvalue weighted by Gasteiger charge is 2.24. The number of esters is 1. The lowest BCUT2D eigenvalue weighted by atomic mass is 10.2. The highest BCUT2D eigenvalue weighted by molar-refractivity contribution is 5.80. The summed E-state index contributed by atoms with van der Waals surface area (Å²) in [5, 5.41) is 2.54. The molecule has 1 aliphatic heterocycles. The number of likely N-dealkylation sites (N-methyl/N-ethyl adjacent to an activating group) is 1. The average molecular weight is 322 g/mol. The van der Waals surface area contributed by atoms with Gasteiger partial charge >= 0.3 is 12.0 Å². The Morgan fingerprint density at radius 3 is 2.74 bits per heavy atom. The zero-order valence-electron chi connectivity index (χ0n) is 13.4. The molecule has 1 aromatic carbocycles. The van der Waals surface area contributed by atoms with Crippen LogP contribution in [-0.2, 0) is 9.53 Å². The summed E-state index contributed by atoms with van der Waals surface area (Å²) in [5.41, 5.74) is 0. The summed E-state index contributed by atoms with van der Waals surface area (Å²) in [4.78, 5) is 25.0. The normalized spacial score (nSPS) is 15.7. The molecule has 1 unspecified atom stereocenters. The number of carbonyl (C=O) groups excluding carboxylic acids is 2. The van der Waals surface area contributed by atoms with Gasteiger partial charge in [0, 0.05) is 6.54 Å². The van der Waals surface area contributed by atoms with Gasteiger partial charge in [-0.1, -0.05) is 12.1 Å². The van der Waals surface area contributed by atoms with Crippen molar-refractivity contribution in [2.24, 2.45) is 0 Å². The van der Waals surface area contributed by atoms with E-state index in [4.69, 9.17) is 14.2 Å². The molecule has 0 bridgehead atoms. The molecule has 0 fully saturated rings. The van der Waals surface area contributed by atoms with Gasteiger partial charge in [0.15, 0.2) is 17.6 Å². The summed E-state index contributed by atoms with van der Waals surface area (Å²) in [7, 11) is 0. The number of ether oxygens (including phenoxy) is 3. The number of carbonyl (C=O) groups is 2. The van der Waals surface area contributed by atoms with Crippen LogP contribution in [-0.4, -0.2) is 55.9 Å². The van der Waals surface area contributed by atoms with Gasteiger partial charge < -0.3 is 24.4 Å². The molecule has 7 nitrogen and oxygen atoms in total. The number of hydrogen-bond acceptors (Lipinski definition) is 5. The van der Waals surface area contributed by atoms with Crippen LogP contribution in [0, 0.1) is 0 Å². The van der Waals surface area contributed by atoms with Crippen LogP contribution < -0.4 is 14.8 Å². The fourth-order valence-corrected chi connectivity index (χ4v) is 2.23. The Balaban J connectivity index is 1.85. The first-order chi connectivity index (χ1) is 11.1. The quantitative estimate of drug-likeness (QED) is 0.802. The Morgan fingerprint density at radius 2 is 2.04 bits per heavy atom. The zero-order chi connectivity index (χ0) is 16.7. The van der Waals surface area contributed by atoms with E-state index in [2.05, 4.69) is 5.32 Å². The molecule has 1 N–H and O–H groups in total. The van der Waals surface area contributed by atoms with E-state index in [1.165, 1.54) is 0 Å². The standard InChI is InChI=1S/C16H22N2O5/c1-3-18(16(20)17-9-15(19)21-4-2)10-12-11-22-13-7-5-6-8-14(13)23-12/h5-8,12H,3-4,9-11H2,1-2H3,(H,17,20). The maximum absolute atomic E-state index is 12.1. The SMILES string of the molecule is CCOC(=O)CNC(=O)N(CC)CC1COc2ccccc2O1. The van der Waals surface area contributed by atoms with Crippen LogP contribution in [0.5, 0.6) is 11.5 Å². The Hall–Kier alpha value is -2.44. The average Bonchev–Trinajstić information content (AvgIpc) is 2.57. The van der Waals surface area contributed by atoms with Crippen molar-refractivity contribution in [1.29, 1.82) is 0 Å². The fraction of sp³-hybridized carbons (Fsp3) is 0.500. The highest BCUT2D eigenvalue weighted by Crippen LogP contribution is 2.30. The Bertz CT molecular complexity index is 549. The molecule has 0 spiro atoms. The van der Waals surface area contributed by atoms with E-state index in [0.29, 0.717) is 37.8 Å². The van der Waals surface area contributed by atoms with Crippen LogP contribution >= 0.6 is 0 Å². The van der Waals surface area contributed by atoms with Crippen molar-refractivity contribution in [3.63, 3.8) is 0 Å². The first-order valence-electron chi connectivity index (χ1n) is 7.70. The molecule has 1 heterocycles. The lowest BCUT2D eigenvalue weighted by molar-refractivity contribution is -0.141. The number of fused-ring (bicyclic) bond motifs is 1. The van der Waals surface area contributed by atoms with Crippen molar-refractivity contribution >= 4 is 12.0 Å². The lowest BCUT2D eigenvalue weighted by Crippen LogP contribution is -2.48. The molecule has 0 saturated heterocycles. The largest absolute Gasteiger partial charge is 0.486 e. The molecule has 126 valence electrons. The molecule has 1 aromatic rings. The third kappa shape index (κ3) is 4.77. The van der Waals surface area contributed by atoms with Crippen molar-refractivity contribution in [2.45, 2.75) is 20.0 Å². The number of nitrogens with one attached hydrogen (secondary N) is 1. The maximum Gasteiger partial charge on any atom is 0.325 e. The van der Waals surface area contributed by atoms with Gasteiger partial charge in [0.1, 0.15) is 13.2 Å². The van der Waals surface area contributed by atoms with Gasteiger partial charge in [-0.25, -0.2) is 4.79 Å².